The smallest absolute Gasteiger partial charge is 0.316 e. The van der Waals surface area contributed by atoms with E-state index >= 15 is 0 Å². The van der Waals surface area contributed by atoms with Crippen molar-refractivity contribution in [2.45, 2.75) is 6.42 Å². The summed E-state index contributed by atoms with van der Waals surface area (Å²) in [7, 11) is 0. The van der Waals surface area contributed by atoms with Crippen LogP contribution >= 0.6 is 0 Å². The molecule has 1 aromatic heterocycles. The van der Waals surface area contributed by atoms with Crippen LogP contribution in [0.5, 0.6) is 11.5 Å². The van der Waals surface area contributed by atoms with E-state index in [0.29, 0.717) is 29.4 Å². The van der Waals surface area contributed by atoms with Crippen molar-refractivity contribution in [2.24, 2.45) is 0 Å². The summed E-state index contributed by atoms with van der Waals surface area (Å²) in [5.41, 5.74) is 1.84. The molecule has 7 heteroatoms. The largest absolute Gasteiger partial charge is 0.454 e. The van der Waals surface area contributed by atoms with Crippen LogP contribution in [0.15, 0.2) is 53.1 Å². The fourth-order valence-electron chi connectivity index (χ4n) is 2.51. The van der Waals surface area contributed by atoms with Crippen LogP contribution in [0, 0.1) is 0 Å². The minimum Gasteiger partial charge on any atom is -0.454 e. The van der Waals surface area contributed by atoms with E-state index in [4.69, 9.17) is 14.0 Å². The molecule has 0 atom stereocenters. The van der Waals surface area contributed by atoms with Gasteiger partial charge in [0.05, 0.1) is 0 Å². The molecule has 0 spiro atoms. The van der Waals surface area contributed by atoms with Gasteiger partial charge in [0.25, 0.3) is 0 Å². The zero-order valence-electron chi connectivity index (χ0n) is 13.3. The van der Waals surface area contributed by atoms with Gasteiger partial charge in [0, 0.05) is 12.1 Å². The number of aromatic nitrogens is 2. The molecule has 0 saturated heterocycles. The molecule has 4 rings (SSSR count). The number of carbonyl (C=O) groups excluding carboxylic acids is 1. The molecule has 0 saturated carbocycles. The summed E-state index contributed by atoms with van der Waals surface area (Å²) in [6.45, 7) is 0.685. The summed E-state index contributed by atoms with van der Waals surface area (Å²) in [6.07, 6.45) is 0.732. The Labute approximate surface area is 143 Å². The predicted molar refractivity (Wildman–Crippen MR) is 88.3 cm³/mol. The molecule has 2 heterocycles. The number of benzene rings is 2. The maximum Gasteiger partial charge on any atom is 0.316 e. The van der Waals surface area contributed by atoms with Crippen molar-refractivity contribution in [3.05, 3.63) is 60.0 Å². The van der Waals surface area contributed by atoms with Crippen molar-refractivity contribution in [1.82, 2.24) is 15.5 Å². The first-order valence-corrected chi connectivity index (χ1v) is 7.85. The highest BCUT2D eigenvalue weighted by atomic mass is 16.7. The Hall–Kier alpha value is -3.35. The van der Waals surface area contributed by atoms with Crippen molar-refractivity contribution in [2.75, 3.05) is 13.3 Å². The Morgan fingerprint density at radius 1 is 1.08 bits per heavy atom. The fourth-order valence-corrected chi connectivity index (χ4v) is 2.51. The summed E-state index contributed by atoms with van der Waals surface area (Å²) in [6, 6.07) is 15.2. The molecule has 126 valence electrons. The second kappa shape index (κ2) is 6.64. The average Bonchev–Trinajstić information content (AvgIpc) is 3.31. The third-order valence-electron chi connectivity index (χ3n) is 3.79. The highest BCUT2D eigenvalue weighted by molar-refractivity contribution is 5.89. The maximum absolute atomic E-state index is 12.1. The molecule has 7 nitrogen and oxygen atoms in total. The van der Waals surface area contributed by atoms with Gasteiger partial charge < -0.3 is 19.3 Å². The Morgan fingerprint density at radius 2 is 1.92 bits per heavy atom. The minimum atomic E-state index is -0.393. The Bertz CT molecular complexity index is 892. The molecule has 1 N–H and O–H groups in total. The number of amides is 1. The third kappa shape index (κ3) is 3.30. The van der Waals surface area contributed by atoms with Gasteiger partial charge in [0.2, 0.25) is 12.6 Å². The first-order chi connectivity index (χ1) is 12.3. The highest BCUT2D eigenvalue weighted by Crippen LogP contribution is 2.35. The molecule has 1 amide bonds. The summed E-state index contributed by atoms with van der Waals surface area (Å²) in [5.74, 6) is 1.16. The van der Waals surface area contributed by atoms with Gasteiger partial charge in [-0.2, -0.15) is 4.98 Å². The zero-order chi connectivity index (χ0) is 17.1. The zero-order valence-corrected chi connectivity index (χ0v) is 13.3. The summed E-state index contributed by atoms with van der Waals surface area (Å²) >= 11 is 0. The van der Waals surface area contributed by atoms with Crippen LogP contribution in [0.3, 0.4) is 0 Å². The number of hydrogen-bond acceptors (Lipinski definition) is 6. The average molecular weight is 337 g/mol. The van der Waals surface area contributed by atoms with Crippen LogP contribution in [0.1, 0.15) is 16.2 Å². The van der Waals surface area contributed by atoms with Gasteiger partial charge in [-0.3, -0.25) is 4.79 Å². The highest BCUT2D eigenvalue weighted by Gasteiger charge is 2.19. The van der Waals surface area contributed by atoms with Crippen LogP contribution < -0.4 is 14.8 Å². The Kier molecular flexibility index (Phi) is 4.04. The molecule has 25 heavy (non-hydrogen) atoms. The quantitative estimate of drug-likeness (QED) is 0.769. The molecule has 3 aromatic rings. The van der Waals surface area contributed by atoms with E-state index < -0.39 is 5.91 Å². The van der Waals surface area contributed by atoms with E-state index in [1.807, 2.05) is 30.3 Å². The first-order valence-electron chi connectivity index (χ1n) is 7.85. The van der Waals surface area contributed by atoms with E-state index in [1.165, 1.54) is 0 Å². The lowest BCUT2D eigenvalue weighted by Crippen LogP contribution is -2.25. The molecule has 1 aliphatic rings. The number of hydrogen-bond donors (Lipinski definition) is 1. The van der Waals surface area contributed by atoms with E-state index in [2.05, 4.69) is 15.5 Å². The van der Waals surface area contributed by atoms with E-state index in [-0.39, 0.29) is 12.7 Å². The monoisotopic (exact) mass is 337 g/mol. The van der Waals surface area contributed by atoms with Crippen molar-refractivity contribution in [3.8, 4) is 22.9 Å². The lowest BCUT2D eigenvalue weighted by Gasteiger charge is -2.02. The molecular weight excluding hydrogens is 322 g/mol. The van der Waals surface area contributed by atoms with Gasteiger partial charge in [-0.1, -0.05) is 35.5 Å². The van der Waals surface area contributed by atoms with E-state index in [1.54, 1.807) is 18.2 Å². The Balaban J connectivity index is 1.39. The molecule has 1 aliphatic heterocycles. The van der Waals surface area contributed by atoms with Gasteiger partial charge in [0.15, 0.2) is 11.5 Å². The number of carbonyl (C=O) groups is 1. The lowest BCUT2D eigenvalue weighted by molar-refractivity contribution is 0.0910. The van der Waals surface area contributed by atoms with Crippen LogP contribution in [0.2, 0.25) is 0 Å². The fraction of sp³-hybridized carbons (Fsp3) is 0.167. The van der Waals surface area contributed by atoms with Crippen LogP contribution in [-0.2, 0) is 6.42 Å². The molecule has 0 bridgehead atoms. The number of ether oxygens (including phenoxy) is 2. The summed E-state index contributed by atoms with van der Waals surface area (Å²) < 4.78 is 15.6. The molecular formula is C18H15N3O4. The van der Waals surface area contributed by atoms with E-state index in [9.17, 15) is 4.79 Å². The topological polar surface area (TPSA) is 86.5 Å². The molecule has 2 aromatic carbocycles. The molecule has 0 radical (unpaired) electrons. The van der Waals surface area contributed by atoms with Crippen molar-refractivity contribution in [3.63, 3.8) is 0 Å². The van der Waals surface area contributed by atoms with Crippen molar-refractivity contribution < 1.29 is 18.8 Å². The lowest BCUT2D eigenvalue weighted by atomic mass is 10.1. The third-order valence-corrected chi connectivity index (χ3v) is 3.79. The van der Waals surface area contributed by atoms with Gasteiger partial charge in [0.1, 0.15) is 0 Å². The van der Waals surface area contributed by atoms with Crippen LogP contribution in [0.25, 0.3) is 11.4 Å². The van der Waals surface area contributed by atoms with Crippen LogP contribution in [0.4, 0.5) is 0 Å². The normalized spacial score (nSPS) is 12.2. The minimum absolute atomic E-state index is 0.0688. The second-order valence-electron chi connectivity index (χ2n) is 5.48. The number of rotatable bonds is 5. The van der Waals surface area contributed by atoms with Gasteiger partial charge in [-0.25, -0.2) is 0 Å². The summed E-state index contributed by atoms with van der Waals surface area (Å²) in [4.78, 5) is 16.3. The van der Waals surface area contributed by atoms with Crippen molar-refractivity contribution in [1.29, 1.82) is 0 Å². The second-order valence-corrected chi connectivity index (χ2v) is 5.48. The Morgan fingerprint density at radius 3 is 2.80 bits per heavy atom. The van der Waals surface area contributed by atoms with Crippen LogP contribution in [-0.4, -0.2) is 29.4 Å². The number of nitrogens with zero attached hydrogens (tertiary/aromatic N) is 2. The molecule has 0 fully saturated rings. The maximum atomic E-state index is 12.1. The SMILES string of the molecule is O=C(NCCc1ccccc1)c1nc(-c2ccc3c(c2)OCO3)no1. The first kappa shape index (κ1) is 15.2. The number of fused-ring (bicyclic) bond motifs is 1. The standard InChI is InChI=1S/C18H15N3O4/c22-17(19-9-8-12-4-2-1-3-5-12)18-20-16(21-25-18)13-6-7-14-15(10-13)24-11-23-14/h1-7,10H,8-9,11H2,(H,19,22). The van der Waals surface area contributed by atoms with Gasteiger partial charge in [-0.05, 0) is 30.2 Å². The van der Waals surface area contributed by atoms with Gasteiger partial charge >= 0.3 is 11.8 Å². The molecule has 0 unspecified atom stereocenters. The van der Waals surface area contributed by atoms with E-state index in [0.717, 1.165) is 12.0 Å². The molecule has 0 aliphatic carbocycles. The predicted octanol–water partition coefficient (Wildman–Crippen LogP) is 2.44. The summed E-state index contributed by atoms with van der Waals surface area (Å²) in [5, 5.41) is 6.63. The van der Waals surface area contributed by atoms with Crippen molar-refractivity contribution >= 4 is 5.91 Å². The van der Waals surface area contributed by atoms with Gasteiger partial charge in [-0.15, -0.1) is 0 Å². The number of nitrogens with one attached hydrogen (secondary N) is 1.